The fourth-order valence-electron chi connectivity index (χ4n) is 2.81. The monoisotopic (exact) mass is 316 g/mol. The van der Waals surface area contributed by atoms with Gasteiger partial charge in [-0.3, -0.25) is 4.79 Å². The molecule has 1 unspecified atom stereocenters. The van der Waals surface area contributed by atoms with Gasteiger partial charge in [0.05, 0.1) is 12.2 Å². The van der Waals surface area contributed by atoms with Crippen LogP contribution in [0, 0.1) is 18.7 Å². The third-order valence-electron chi connectivity index (χ3n) is 4.33. The number of benzene rings is 1. The standard InChI is InChI=1S/C17H21FN4O/c1-10-8-20-22(9-10)16-4-3-12(7-15(16)18)11(2)21-17(23)13-5-14(19)6-13/h3-4,7-9,11,13-14H,5-6,19H2,1-2H3,(H,21,23). The van der Waals surface area contributed by atoms with Gasteiger partial charge in [-0.2, -0.15) is 5.10 Å². The van der Waals surface area contributed by atoms with Gasteiger partial charge in [0.15, 0.2) is 0 Å². The Morgan fingerprint density at radius 3 is 2.78 bits per heavy atom. The fraction of sp³-hybridized carbons (Fsp3) is 0.412. The first-order valence-electron chi connectivity index (χ1n) is 7.81. The maximum atomic E-state index is 14.3. The van der Waals surface area contributed by atoms with Gasteiger partial charge in [-0.05, 0) is 49.9 Å². The number of nitrogens with one attached hydrogen (secondary N) is 1. The van der Waals surface area contributed by atoms with Crippen molar-refractivity contribution in [2.75, 3.05) is 0 Å². The highest BCUT2D eigenvalue weighted by Gasteiger charge is 2.32. The Balaban J connectivity index is 1.70. The third kappa shape index (κ3) is 3.27. The van der Waals surface area contributed by atoms with Gasteiger partial charge >= 0.3 is 0 Å². The number of halogens is 1. The minimum Gasteiger partial charge on any atom is -0.349 e. The number of amides is 1. The van der Waals surface area contributed by atoms with Crippen LogP contribution < -0.4 is 11.1 Å². The number of aryl methyl sites for hydroxylation is 1. The van der Waals surface area contributed by atoms with Gasteiger partial charge < -0.3 is 11.1 Å². The summed E-state index contributed by atoms with van der Waals surface area (Å²) < 4.78 is 15.8. The van der Waals surface area contributed by atoms with E-state index < -0.39 is 0 Å². The smallest absolute Gasteiger partial charge is 0.223 e. The average Bonchev–Trinajstić information content (AvgIpc) is 2.90. The largest absolute Gasteiger partial charge is 0.349 e. The van der Waals surface area contributed by atoms with Crippen LogP contribution in [-0.4, -0.2) is 21.7 Å². The summed E-state index contributed by atoms with van der Waals surface area (Å²) in [6, 6.07) is 4.83. The highest BCUT2D eigenvalue weighted by Crippen LogP contribution is 2.27. The van der Waals surface area contributed by atoms with Crippen LogP contribution in [0.1, 0.15) is 36.9 Å². The molecule has 0 radical (unpaired) electrons. The number of rotatable bonds is 4. The SMILES string of the molecule is Cc1cnn(-c2ccc(C(C)NC(=O)C3CC(N)C3)cc2F)c1. The number of hydrogen-bond donors (Lipinski definition) is 2. The summed E-state index contributed by atoms with van der Waals surface area (Å²) >= 11 is 0. The van der Waals surface area contributed by atoms with Crippen molar-refractivity contribution in [1.29, 1.82) is 0 Å². The molecule has 2 aromatic rings. The van der Waals surface area contributed by atoms with E-state index in [4.69, 9.17) is 5.73 Å². The first kappa shape index (κ1) is 15.7. The molecule has 0 saturated heterocycles. The van der Waals surface area contributed by atoms with Crippen molar-refractivity contribution in [3.8, 4) is 5.69 Å². The van der Waals surface area contributed by atoms with Crippen LogP contribution in [0.5, 0.6) is 0 Å². The summed E-state index contributed by atoms with van der Waals surface area (Å²) in [5.41, 5.74) is 7.79. The molecule has 1 aliphatic rings. The van der Waals surface area contributed by atoms with Crippen LogP contribution in [0.2, 0.25) is 0 Å². The van der Waals surface area contributed by atoms with Crippen molar-refractivity contribution in [3.05, 3.63) is 47.5 Å². The van der Waals surface area contributed by atoms with E-state index in [2.05, 4.69) is 10.4 Å². The van der Waals surface area contributed by atoms with Crippen LogP contribution in [0.4, 0.5) is 4.39 Å². The van der Waals surface area contributed by atoms with Crippen molar-refractivity contribution < 1.29 is 9.18 Å². The number of nitrogens with zero attached hydrogens (tertiary/aromatic N) is 2. The number of carbonyl (C=O) groups excluding carboxylic acids is 1. The molecule has 1 atom stereocenters. The Kier molecular flexibility index (Phi) is 4.17. The van der Waals surface area contributed by atoms with Gasteiger partial charge in [-0.25, -0.2) is 9.07 Å². The molecular formula is C17H21FN4O. The lowest BCUT2D eigenvalue weighted by Crippen LogP contribution is -2.45. The van der Waals surface area contributed by atoms with Crippen LogP contribution in [-0.2, 0) is 4.79 Å². The molecule has 1 saturated carbocycles. The molecule has 1 amide bonds. The molecule has 122 valence electrons. The summed E-state index contributed by atoms with van der Waals surface area (Å²) in [5.74, 6) is -0.382. The van der Waals surface area contributed by atoms with Crippen molar-refractivity contribution in [3.63, 3.8) is 0 Å². The number of hydrogen-bond acceptors (Lipinski definition) is 3. The molecule has 0 aliphatic heterocycles. The lowest BCUT2D eigenvalue weighted by Gasteiger charge is -2.32. The second kappa shape index (κ2) is 6.12. The zero-order valence-corrected chi connectivity index (χ0v) is 13.3. The zero-order valence-electron chi connectivity index (χ0n) is 13.3. The van der Waals surface area contributed by atoms with E-state index in [-0.39, 0.29) is 29.7 Å². The molecule has 6 heteroatoms. The summed E-state index contributed by atoms with van der Waals surface area (Å²) in [7, 11) is 0. The molecular weight excluding hydrogens is 295 g/mol. The molecule has 0 bridgehead atoms. The summed E-state index contributed by atoms with van der Waals surface area (Å²) in [5, 5.41) is 7.04. The van der Waals surface area contributed by atoms with Crippen LogP contribution in [0.25, 0.3) is 5.69 Å². The van der Waals surface area contributed by atoms with Gasteiger partial charge in [-0.1, -0.05) is 6.07 Å². The van der Waals surface area contributed by atoms with E-state index in [0.717, 1.165) is 24.0 Å². The molecule has 0 spiro atoms. The van der Waals surface area contributed by atoms with Crippen molar-refractivity contribution in [2.45, 2.75) is 38.8 Å². The Hall–Kier alpha value is -2.21. The quantitative estimate of drug-likeness (QED) is 0.908. The predicted molar refractivity (Wildman–Crippen MR) is 85.5 cm³/mol. The number of aromatic nitrogens is 2. The van der Waals surface area contributed by atoms with E-state index in [1.165, 1.54) is 10.7 Å². The first-order valence-corrected chi connectivity index (χ1v) is 7.81. The highest BCUT2D eigenvalue weighted by molar-refractivity contribution is 5.80. The molecule has 5 nitrogen and oxygen atoms in total. The third-order valence-corrected chi connectivity index (χ3v) is 4.33. The Bertz CT molecular complexity index is 721. The maximum absolute atomic E-state index is 14.3. The average molecular weight is 316 g/mol. The molecule has 1 aromatic carbocycles. The van der Waals surface area contributed by atoms with Gasteiger partial charge in [0, 0.05) is 18.2 Å². The molecule has 1 aliphatic carbocycles. The second-order valence-corrected chi connectivity index (χ2v) is 6.33. The van der Waals surface area contributed by atoms with E-state index >= 15 is 0 Å². The first-order chi connectivity index (χ1) is 10.9. The van der Waals surface area contributed by atoms with Crippen molar-refractivity contribution in [2.24, 2.45) is 11.7 Å². The predicted octanol–water partition coefficient (Wildman–Crippen LogP) is 2.23. The van der Waals surface area contributed by atoms with E-state index in [1.54, 1.807) is 18.5 Å². The van der Waals surface area contributed by atoms with Gasteiger partial charge in [0.1, 0.15) is 11.5 Å². The molecule has 3 rings (SSSR count). The second-order valence-electron chi connectivity index (χ2n) is 6.33. The normalized spacial score (nSPS) is 21.6. The Morgan fingerprint density at radius 2 is 2.22 bits per heavy atom. The van der Waals surface area contributed by atoms with E-state index in [0.29, 0.717) is 5.69 Å². The molecule has 1 aromatic heterocycles. The van der Waals surface area contributed by atoms with E-state index in [9.17, 15) is 9.18 Å². The highest BCUT2D eigenvalue weighted by atomic mass is 19.1. The molecule has 1 fully saturated rings. The van der Waals surface area contributed by atoms with Gasteiger partial charge in [0.25, 0.3) is 0 Å². The zero-order chi connectivity index (χ0) is 16.6. The Morgan fingerprint density at radius 1 is 1.48 bits per heavy atom. The topological polar surface area (TPSA) is 72.9 Å². The number of nitrogens with two attached hydrogens (primary N) is 1. The summed E-state index contributed by atoms with van der Waals surface area (Å²) in [6.45, 7) is 3.75. The lowest BCUT2D eigenvalue weighted by atomic mass is 9.80. The fourth-order valence-corrected chi connectivity index (χ4v) is 2.81. The number of carbonyl (C=O) groups is 1. The van der Waals surface area contributed by atoms with E-state index in [1.807, 2.05) is 19.9 Å². The molecule has 3 N–H and O–H groups in total. The lowest BCUT2D eigenvalue weighted by molar-refractivity contribution is -0.128. The van der Waals surface area contributed by atoms with Crippen LogP contribution in [0.15, 0.2) is 30.6 Å². The van der Waals surface area contributed by atoms with Gasteiger partial charge in [-0.15, -0.1) is 0 Å². The minimum absolute atomic E-state index is 0.00798. The van der Waals surface area contributed by atoms with Crippen LogP contribution >= 0.6 is 0 Å². The maximum Gasteiger partial charge on any atom is 0.223 e. The summed E-state index contributed by atoms with van der Waals surface area (Å²) in [4.78, 5) is 12.1. The van der Waals surface area contributed by atoms with Crippen molar-refractivity contribution in [1.82, 2.24) is 15.1 Å². The van der Waals surface area contributed by atoms with Crippen molar-refractivity contribution >= 4 is 5.91 Å². The molecule has 1 heterocycles. The summed E-state index contributed by atoms with van der Waals surface area (Å²) in [6.07, 6.45) is 4.90. The van der Waals surface area contributed by atoms with Crippen LogP contribution in [0.3, 0.4) is 0 Å². The minimum atomic E-state index is -0.364. The molecule has 23 heavy (non-hydrogen) atoms. The van der Waals surface area contributed by atoms with Gasteiger partial charge in [0.2, 0.25) is 5.91 Å². The Labute approximate surface area is 134 Å².